The molecule has 0 aliphatic heterocycles. The molecule has 0 radical (unpaired) electrons. The lowest BCUT2D eigenvalue weighted by Crippen LogP contribution is -2.22. The van der Waals surface area contributed by atoms with Gasteiger partial charge in [-0.05, 0) is 36.6 Å². The first-order valence-corrected chi connectivity index (χ1v) is 6.41. The zero-order chi connectivity index (χ0) is 15.7. The molecule has 1 rings (SSSR count). The standard InChI is InChI=1S/C14H16N2O5/c17-13(15-10-2-1-3-14(18)19)9-6-11-4-7-12(8-5-11)16(20)21/h4-9H,1-3,10H2,(H,15,17)(H,18,19). The van der Waals surface area contributed by atoms with Crippen LogP contribution in [0.15, 0.2) is 30.3 Å². The number of nitrogens with one attached hydrogen (secondary N) is 1. The number of carboxylic acid groups (broad SMARTS) is 1. The van der Waals surface area contributed by atoms with Gasteiger partial charge in [-0.15, -0.1) is 0 Å². The summed E-state index contributed by atoms with van der Waals surface area (Å²) in [6.07, 6.45) is 4.09. The SMILES string of the molecule is O=C(O)CCCCNC(=O)C=Cc1ccc([N+](=O)[O-])cc1. The van der Waals surface area contributed by atoms with E-state index in [4.69, 9.17) is 5.11 Å². The molecule has 0 saturated heterocycles. The number of hydrogen-bond donors (Lipinski definition) is 2. The number of benzene rings is 1. The molecule has 0 atom stereocenters. The summed E-state index contributed by atoms with van der Waals surface area (Å²) in [5.41, 5.74) is 0.677. The second-order valence-electron chi connectivity index (χ2n) is 4.32. The molecular weight excluding hydrogens is 276 g/mol. The van der Waals surface area contributed by atoms with Crippen molar-refractivity contribution in [2.24, 2.45) is 0 Å². The fraction of sp³-hybridized carbons (Fsp3) is 0.286. The molecule has 1 aromatic rings. The van der Waals surface area contributed by atoms with Crippen molar-refractivity contribution in [3.05, 3.63) is 46.0 Å². The van der Waals surface area contributed by atoms with Gasteiger partial charge in [-0.1, -0.05) is 0 Å². The molecule has 21 heavy (non-hydrogen) atoms. The van der Waals surface area contributed by atoms with Crippen molar-refractivity contribution in [2.45, 2.75) is 19.3 Å². The van der Waals surface area contributed by atoms with E-state index in [0.717, 1.165) is 0 Å². The normalized spacial score (nSPS) is 10.5. The molecule has 2 N–H and O–H groups in total. The molecule has 0 aromatic heterocycles. The Hall–Kier alpha value is -2.70. The van der Waals surface area contributed by atoms with E-state index in [9.17, 15) is 19.7 Å². The number of carboxylic acids is 1. The van der Waals surface area contributed by atoms with E-state index in [0.29, 0.717) is 24.9 Å². The molecule has 7 heteroatoms. The summed E-state index contributed by atoms with van der Waals surface area (Å²) in [7, 11) is 0. The Morgan fingerprint density at radius 2 is 1.90 bits per heavy atom. The molecular formula is C14H16N2O5. The summed E-state index contributed by atoms with van der Waals surface area (Å²) in [4.78, 5) is 31.7. The molecule has 0 fully saturated rings. The number of carbonyl (C=O) groups excluding carboxylic acids is 1. The van der Waals surface area contributed by atoms with Crippen molar-refractivity contribution in [1.82, 2.24) is 5.32 Å². The van der Waals surface area contributed by atoms with Crippen molar-refractivity contribution in [3.63, 3.8) is 0 Å². The van der Waals surface area contributed by atoms with Gasteiger partial charge in [-0.2, -0.15) is 0 Å². The number of nitro benzene ring substituents is 1. The average Bonchev–Trinajstić information content (AvgIpc) is 2.44. The van der Waals surface area contributed by atoms with Crippen LogP contribution >= 0.6 is 0 Å². The first kappa shape index (κ1) is 16.4. The highest BCUT2D eigenvalue weighted by molar-refractivity contribution is 5.91. The van der Waals surface area contributed by atoms with Crippen LogP contribution in [-0.4, -0.2) is 28.5 Å². The Morgan fingerprint density at radius 1 is 1.24 bits per heavy atom. The lowest BCUT2D eigenvalue weighted by molar-refractivity contribution is -0.384. The number of nitro groups is 1. The van der Waals surface area contributed by atoms with Gasteiger partial charge in [0, 0.05) is 31.2 Å². The van der Waals surface area contributed by atoms with Gasteiger partial charge in [0.1, 0.15) is 0 Å². The molecule has 7 nitrogen and oxygen atoms in total. The maximum absolute atomic E-state index is 11.5. The monoisotopic (exact) mass is 292 g/mol. The first-order valence-electron chi connectivity index (χ1n) is 6.41. The van der Waals surface area contributed by atoms with E-state index in [1.54, 1.807) is 18.2 Å². The highest BCUT2D eigenvalue weighted by Crippen LogP contribution is 2.12. The van der Waals surface area contributed by atoms with Crippen LogP contribution in [0.25, 0.3) is 6.08 Å². The largest absolute Gasteiger partial charge is 0.481 e. The van der Waals surface area contributed by atoms with Gasteiger partial charge in [0.2, 0.25) is 5.91 Å². The summed E-state index contributed by atoms with van der Waals surface area (Å²) in [6, 6.07) is 5.83. The third-order valence-electron chi connectivity index (χ3n) is 2.65. The lowest BCUT2D eigenvalue weighted by atomic mass is 10.2. The molecule has 0 spiro atoms. The number of carbonyl (C=O) groups is 2. The predicted octanol–water partition coefficient (Wildman–Crippen LogP) is 1.98. The Bertz CT molecular complexity index is 537. The number of nitrogens with zero attached hydrogens (tertiary/aromatic N) is 1. The van der Waals surface area contributed by atoms with E-state index >= 15 is 0 Å². The fourth-order valence-electron chi connectivity index (χ4n) is 1.55. The van der Waals surface area contributed by atoms with Gasteiger partial charge in [-0.25, -0.2) is 0 Å². The first-order chi connectivity index (χ1) is 9.99. The van der Waals surface area contributed by atoms with Crippen molar-refractivity contribution in [2.75, 3.05) is 6.54 Å². The van der Waals surface area contributed by atoms with Crippen LogP contribution in [0.1, 0.15) is 24.8 Å². The molecule has 0 bridgehead atoms. The van der Waals surface area contributed by atoms with Crippen LogP contribution in [0.2, 0.25) is 0 Å². The Kier molecular flexibility index (Phi) is 6.59. The highest BCUT2D eigenvalue weighted by Gasteiger charge is 2.02. The van der Waals surface area contributed by atoms with E-state index < -0.39 is 10.9 Å². The van der Waals surface area contributed by atoms with Crippen LogP contribution in [0, 0.1) is 10.1 Å². The van der Waals surface area contributed by atoms with E-state index in [-0.39, 0.29) is 18.0 Å². The molecule has 1 aromatic carbocycles. The number of unbranched alkanes of at least 4 members (excludes halogenated alkanes) is 1. The smallest absolute Gasteiger partial charge is 0.303 e. The average molecular weight is 292 g/mol. The summed E-state index contributed by atoms with van der Waals surface area (Å²) >= 11 is 0. The predicted molar refractivity (Wildman–Crippen MR) is 76.6 cm³/mol. The summed E-state index contributed by atoms with van der Waals surface area (Å²) in [5, 5.41) is 21.6. The lowest BCUT2D eigenvalue weighted by Gasteiger charge is -2.00. The molecule has 112 valence electrons. The van der Waals surface area contributed by atoms with Crippen molar-refractivity contribution in [1.29, 1.82) is 0 Å². The maximum Gasteiger partial charge on any atom is 0.303 e. The van der Waals surface area contributed by atoms with Crippen molar-refractivity contribution >= 4 is 23.6 Å². The van der Waals surface area contributed by atoms with Gasteiger partial charge in [0.05, 0.1) is 4.92 Å². The minimum Gasteiger partial charge on any atom is -0.481 e. The third-order valence-corrected chi connectivity index (χ3v) is 2.65. The fourth-order valence-corrected chi connectivity index (χ4v) is 1.55. The Balaban J connectivity index is 2.33. The number of aliphatic carboxylic acids is 1. The molecule has 1 amide bonds. The van der Waals surface area contributed by atoms with Crippen molar-refractivity contribution < 1.29 is 19.6 Å². The second-order valence-corrected chi connectivity index (χ2v) is 4.32. The van der Waals surface area contributed by atoms with Gasteiger partial charge >= 0.3 is 5.97 Å². The molecule has 0 aliphatic rings. The summed E-state index contributed by atoms with van der Waals surface area (Å²) < 4.78 is 0. The highest BCUT2D eigenvalue weighted by atomic mass is 16.6. The third kappa shape index (κ3) is 6.86. The minimum atomic E-state index is -0.848. The van der Waals surface area contributed by atoms with Crippen LogP contribution in [0.4, 0.5) is 5.69 Å². The van der Waals surface area contributed by atoms with Gasteiger partial charge in [-0.3, -0.25) is 19.7 Å². The second kappa shape index (κ2) is 8.47. The van der Waals surface area contributed by atoms with Gasteiger partial charge < -0.3 is 10.4 Å². The van der Waals surface area contributed by atoms with Crippen molar-refractivity contribution in [3.8, 4) is 0 Å². The molecule has 0 aliphatic carbocycles. The van der Waals surface area contributed by atoms with E-state index in [2.05, 4.69) is 5.32 Å². The van der Waals surface area contributed by atoms with Crippen LogP contribution in [0.3, 0.4) is 0 Å². The van der Waals surface area contributed by atoms with Gasteiger partial charge in [0.25, 0.3) is 5.69 Å². The maximum atomic E-state index is 11.5. The summed E-state index contributed by atoms with van der Waals surface area (Å²) in [5.74, 6) is -1.14. The molecule has 0 saturated carbocycles. The Morgan fingerprint density at radius 3 is 2.48 bits per heavy atom. The zero-order valence-electron chi connectivity index (χ0n) is 11.3. The topological polar surface area (TPSA) is 110 Å². The Labute approximate surface area is 121 Å². The van der Waals surface area contributed by atoms with Crippen LogP contribution in [0.5, 0.6) is 0 Å². The quantitative estimate of drug-likeness (QED) is 0.329. The number of amides is 1. The van der Waals surface area contributed by atoms with Crippen LogP contribution < -0.4 is 5.32 Å². The molecule has 0 unspecified atom stereocenters. The number of non-ortho nitro benzene ring substituents is 1. The van der Waals surface area contributed by atoms with E-state index in [1.807, 2.05) is 0 Å². The summed E-state index contributed by atoms with van der Waals surface area (Å²) in [6.45, 7) is 0.413. The number of hydrogen-bond acceptors (Lipinski definition) is 4. The zero-order valence-corrected chi connectivity index (χ0v) is 11.3. The van der Waals surface area contributed by atoms with Gasteiger partial charge in [0.15, 0.2) is 0 Å². The van der Waals surface area contributed by atoms with E-state index in [1.165, 1.54) is 18.2 Å². The minimum absolute atomic E-state index is 0.00460. The van der Waals surface area contributed by atoms with Crippen LogP contribution in [-0.2, 0) is 9.59 Å². The molecule has 0 heterocycles. The number of rotatable bonds is 8.